The summed E-state index contributed by atoms with van der Waals surface area (Å²) in [6, 6.07) is 16.5. The Bertz CT molecular complexity index is 989. The summed E-state index contributed by atoms with van der Waals surface area (Å²) >= 11 is 0. The number of carbonyl (C=O) groups is 1. The summed E-state index contributed by atoms with van der Waals surface area (Å²) in [5.41, 5.74) is 3.39. The Hall–Kier alpha value is -3.08. The Balaban J connectivity index is 1.64. The van der Waals surface area contributed by atoms with Crippen molar-refractivity contribution in [1.82, 2.24) is 14.9 Å². The van der Waals surface area contributed by atoms with Crippen LogP contribution in [0, 0.1) is 0 Å². The molecular formula is C25H31N3O2. The lowest BCUT2D eigenvalue weighted by Crippen LogP contribution is -2.24. The van der Waals surface area contributed by atoms with Crippen molar-refractivity contribution >= 4 is 16.9 Å². The summed E-state index contributed by atoms with van der Waals surface area (Å²) in [5, 5.41) is 2.89. The van der Waals surface area contributed by atoms with E-state index in [9.17, 15) is 4.79 Å². The largest absolute Gasteiger partial charge is 0.492 e. The molecule has 1 heterocycles. The highest BCUT2D eigenvalue weighted by Gasteiger charge is 2.11. The number of imidazole rings is 1. The van der Waals surface area contributed by atoms with Crippen molar-refractivity contribution in [2.45, 2.75) is 46.1 Å². The van der Waals surface area contributed by atoms with Crippen molar-refractivity contribution < 1.29 is 9.53 Å². The molecule has 3 rings (SSSR count). The topological polar surface area (TPSA) is 56.2 Å². The minimum absolute atomic E-state index is 0.0793. The first-order chi connectivity index (χ1) is 14.6. The third-order valence-electron chi connectivity index (χ3n) is 5.34. The third-order valence-corrected chi connectivity index (χ3v) is 5.34. The highest BCUT2D eigenvalue weighted by Crippen LogP contribution is 2.22. The smallest absolute Gasteiger partial charge is 0.243 e. The number of benzene rings is 2. The summed E-state index contributed by atoms with van der Waals surface area (Å²) in [4.78, 5) is 16.4. The average molecular weight is 406 g/mol. The zero-order valence-corrected chi connectivity index (χ0v) is 18.1. The molecule has 1 aromatic heterocycles. The van der Waals surface area contributed by atoms with Gasteiger partial charge in [-0.05, 0) is 55.2 Å². The number of hydrogen-bond donors (Lipinski definition) is 1. The van der Waals surface area contributed by atoms with Crippen LogP contribution >= 0.6 is 0 Å². The first-order valence-electron chi connectivity index (χ1n) is 10.7. The quantitative estimate of drug-likeness (QED) is 0.490. The van der Waals surface area contributed by atoms with Crippen LogP contribution in [0.2, 0.25) is 0 Å². The fourth-order valence-electron chi connectivity index (χ4n) is 3.46. The van der Waals surface area contributed by atoms with Gasteiger partial charge < -0.3 is 14.6 Å². The predicted molar refractivity (Wildman–Crippen MR) is 122 cm³/mol. The molecule has 5 heteroatoms. The zero-order chi connectivity index (χ0) is 21.3. The summed E-state index contributed by atoms with van der Waals surface area (Å²) in [6.45, 7) is 8.07. The lowest BCUT2D eigenvalue weighted by atomic mass is 9.99. The molecule has 3 aromatic rings. The molecule has 2 aromatic carbocycles. The molecule has 0 aliphatic rings. The van der Waals surface area contributed by atoms with Crippen LogP contribution in [0.25, 0.3) is 11.0 Å². The van der Waals surface area contributed by atoms with E-state index < -0.39 is 0 Å². The summed E-state index contributed by atoms with van der Waals surface area (Å²) in [7, 11) is 0. The molecule has 0 saturated heterocycles. The van der Waals surface area contributed by atoms with E-state index in [1.807, 2.05) is 37.3 Å². The fraction of sp³-hybridized carbons (Fsp3) is 0.360. The zero-order valence-electron chi connectivity index (χ0n) is 18.1. The van der Waals surface area contributed by atoms with Crippen LogP contribution in [-0.4, -0.2) is 28.6 Å². The van der Waals surface area contributed by atoms with Gasteiger partial charge in [-0.15, -0.1) is 0 Å². The normalized spacial score (nSPS) is 12.4. The molecule has 158 valence electrons. The second-order valence-electron chi connectivity index (χ2n) is 7.44. The molecule has 1 amide bonds. The molecule has 0 radical (unpaired) electrons. The Morgan fingerprint density at radius 2 is 1.97 bits per heavy atom. The van der Waals surface area contributed by atoms with Crippen LogP contribution in [0.5, 0.6) is 5.75 Å². The maximum Gasteiger partial charge on any atom is 0.243 e. The maximum atomic E-state index is 11.7. The van der Waals surface area contributed by atoms with Gasteiger partial charge in [0.25, 0.3) is 0 Å². The van der Waals surface area contributed by atoms with Gasteiger partial charge in [0.2, 0.25) is 5.91 Å². The number of ether oxygens (including phenoxy) is 1. The predicted octanol–water partition coefficient (Wildman–Crippen LogP) is 4.86. The lowest BCUT2D eigenvalue weighted by molar-refractivity contribution is -0.116. The standard InChI is InChI=1S/C25H31N3O2/c1-4-8-25(29)26-16-15-24-27-22-9-6-7-10-23(22)28(24)17-18-30-21-13-11-20(12-14-21)19(3)5-2/h4,6-14,19H,5,15-18H2,1-3H3,(H,26,29)/b8-4+. The molecule has 1 N–H and O–H groups in total. The molecule has 0 fully saturated rings. The van der Waals surface area contributed by atoms with Crippen molar-refractivity contribution in [2.75, 3.05) is 13.2 Å². The van der Waals surface area contributed by atoms with Crippen molar-refractivity contribution in [1.29, 1.82) is 0 Å². The molecular weight excluding hydrogens is 374 g/mol. The van der Waals surface area contributed by atoms with E-state index in [0.717, 1.165) is 29.0 Å². The van der Waals surface area contributed by atoms with Crippen LogP contribution in [0.15, 0.2) is 60.7 Å². The van der Waals surface area contributed by atoms with Crippen LogP contribution in [-0.2, 0) is 17.8 Å². The highest BCUT2D eigenvalue weighted by molar-refractivity contribution is 5.87. The monoisotopic (exact) mass is 405 g/mol. The minimum Gasteiger partial charge on any atom is -0.492 e. The number of para-hydroxylation sites is 2. The van der Waals surface area contributed by atoms with Crippen molar-refractivity contribution in [3.05, 3.63) is 72.1 Å². The Labute approximate surface area is 178 Å². The van der Waals surface area contributed by atoms with Crippen LogP contribution in [0.3, 0.4) is 0 Å². The number of aromatic nitrogens is 2. The van der Waals surface area contributed by atoms with E-state index in [-0.39, 0.29) is 5.91 Å². The van der Waals surface area contributed by atoms with E-state index in [4.69, 9.17) is 9.72 Å². The van der Waals surface area contributed by atoms with Gasteiger partial charge in [0.15, 0.2) is 0 Å². The molecule has 30 heavy (non-hydrogen) atoms. The molecule has 0 bridgehead atoms. The van der Waals surface area contributed by atoms with E-state index >= 15 is 0 Å². The first-order valence-corrected chi connectivity index (χ1v) is 10.7. The van der Waals surface area contributed by atoms with Crippen molar-refractivity contribution in [3.8, 4) is 5.75 Å². The number of nitrogens with zero attached hydrogens (tertiary/aromatic N) is 2. The highest BCUT2D eigenvalue weighted by atomic mass is 16.5. The van der Waals surface area contributed by atoms with Crippen molar-refractivity contribution in [3.63, 3.8) is 0 Å². The summed E-state index contributed by atoms with van der Waals surface area (Å²) in [5.74, 6) is 2.32. The van der Waals surface area contributed by atoms with Gasteiger partial charge >= 0.3 is 0 Å². The van der Waals surface area contributed by atoms with Gasteiger partial charge in [0.05, 0.1) is 17.6 Å². The van der Waals surface area contributed by atoms with Crippen LogP contribution < -0.4 is 10.1 Å². The van der Waals surface area contributed by atoms with E-state index in [1.165, 1.54) is 11.6 Å². The van der Waals surface area contributed by atoms with Crippen LogP contribution in [0.1, 0.15) is 44.5 Å². The second kappa shape index (κ2) is 10.6. The maximum absolute atomic E-state index is 11.7. The molecule has 0 aliphatic heterocycles. The summed E-state index contributed by atoms with van der Waals surface area (Å²) in [6.07, 6.45) is 5.06. The Morgan fingerprint density at radius 3 is 2.70 bits per heavy atom. The lowest BCUT2D eigenvalue weighted by Gasteiger charge is -2.13. The average Bonchev–Trinajstić information content (AvgIpc) is 3.11. The minimum atomic E-state index is -0.0793. The third kappa shape index (κ3) is 5.50. The number of carbonyl (C=O) groups excluding carboxylic acids is 1. The van der Waals surface area contributed by atoms with Crippen molar-refractivity contribution in [2.24, 2.45) is 0 Å². The molecule has 0 spiro atoms. The first kappa shape index (κ1) is 21.6. The van der Waals surface area contributed by atoms with E-state index in [1.54, 1.807) is 6.08 Å². The van der Waals surface area contributed by atoms with Gasteiger partial charge in [-0.2, -0.15) is 0 Å². The molecule has 1 atom stereocenters. The number of amides is 1. The van der Waals surface area contributed by atoms with Gasteiger partial charge in [-0.25, -0.2) is 4.98 Å². The van der Waals surface area contributed by atoms with Crippen LogP contribution in [0.4, 0.5) is 0 Å². The molecule has 1 unspecified atom stereocenters. The number of nitrogens with one attached hydrogen (secondary N) is 1. The number of hydrogen-bond acceptors (Lipinski definition) is 3. The Morgan fingerprint density at radius 1 is 1.20 bits per heavy atom. The van der Waals surface area contributed by atoms with E-state index in [2.05, 4.69) is 41.9 Å². The van der Waals surface area contributed by atoms with Gasteiger partial charge in [-0.3, -0.25) is 4.79 Å². The van der Waals surface area contributed by atoms with Gasteiger partial charge in [-0.1, -0.05) is 44.2 Å². The number of rotatable bonds is 10. The molecule has 0 saturated carbocycles. The van der Waals surface area contributed by atoms with E-state index in [0.29, 0.717) is 32.0 Å². The number of fused-ring (bicyclic) bond motifs is 1. The second-order valence-corrected chi connectivity index (χ2v) is 7.44. The number of allylic oxidation sites excluding steroid dienone is 1. The Kier molecular flexibility index (Phi) is 7.66. The van der Waals surface area contributed by atoms with Gasteiger partial charge in [0, 0.05) is 13.0 Å². The fourth-order valence-corrected chi connectivity index (χ4v) is 3.46. The van der Waals surface area contributed by atoms with Gasteiger partial charge in [0.1, 0.15) is 18.2 Å². The SMILES string of the molecule is C/C=C/C(=O)NCCc1nc2ccccc2n1CCOc1ccc(C(C)CC)cc1. The summed E-state index contributed by atoms with van der Waals surface area (Å²) < 4.78 is 8.18. The molecule has 0 aliphatic carbocycles. The molecule has 5 nitrogen and oxygen atoms in total.